The highest BCUT2D eigenvalue weighted by molar-refractivity contribution is 7.91. The number of nitrogens with zero attached hydrogens (tertiary/aromatic N) is 1. The molecule has 0 radical (unpaired) electrons. The number of hydrogen-bond acceptors (Lipinski definition) is 6. The Morgan fingerprint density at radius 1 is 1.21 bits per heavy atom. The Bertz CT molecular complexity index is 1010. The molecule has 0 aliphatic carbocycles. The third kappa shape index (κ3) is 5.36. The van der Waals surface area contributed by atoms with Crippen molar-refractivity contribution in [1.82, 2.24) is 14.9 Å². The zero-order chi connectivity index (χ0) is 21.1. The summed E-state index contributed by atoms with van der Waals surface area (Å²) >= 11 is 0. The molecule has 8 nitrogen and oxygen atoms in total. The Morgan fingerprint density at radius 3 is 2.62 bits per heavy atom. The molecule has 0 saturated carbocycles. The van der Waals surface area contributed by atoms with Gasteiger partial charge in [0, 0.05) is 11.6 Å². The number of sulfone groups is 1. The van der Waals surface area contributed by atoms with Gasteiger partial charge in [-0.25, -0.2) is 16.8 Å². The van der Waals surface area contributed by atoms with E-state index in [0.717, 1.165) is 32.4 Å². The van der Waals surface area contributed by atoms with Crippen molar-refractivity contribution in [1.29, 1.82) is 0 Å². The minimum Gasteiger partial charge on any atom is -0.347 e. The number of benzene rings is 1. The number of amides is 1. The van der Waals surface area contributed by atoms with Crippen molar-refractivity contribution in [2.75, 3.05) is 31.1 Å². The fourth-order valence-electron chi connectivity index (χ4n) is 3.85. The largest absolute Gasteiger partial charge is 0.347 e. The Morgan fingerprint density at radius 2 is 1.93 bits per heavy atom. The Hall–Kier alpha value is -1.93. The maximum absolute atomic E-state index is 12.8. The summed E-state index contributed by atoms with van der Waals surface area (Å²) in [7, 11) is -7.07. The predicted molar refractivity (Wildman–Crippen MR) is 110 cm³/mol. The lowest BCUT2D eigenvalue weighted by molar-refractivity contribution is 0.0900. The maximum Gasteiger partial charge on any atom is 0.251 e. The standard InChI is InChI=1S/C19H25N3O5S2/c1-2-9-20-29(26,27)16-8-6-7-15(12-16)19(23)21-17-13-28(24,25)14-18(17)22-10-4-3-5-11-22/h1,6-8,12,17-18,20H,3-5,9-11,13-14H2,(H,21,23). The van der Waals surface area contributed by atoms with Crippen molar-refractivity contribution in [2.24, 2.45) is 0 Å². The smallest absolute Gasteiger partial charge is 0.251 e. The molecular formula is C19H25N3O5S2. The maximum atomic E-state index is 12.8. The summed E-state index contributed by atoms with van der Waals surface area (Å²) in [4.78, 5) is 14.8. The molecule has 2 aliphatic heterocycles. The van der Waals surface area contributed by atoms with Gasteiger partial charge in [0.05, 0.1) is 29.0 Å². The zero-order valence-corrected chi connectivity index (χ0v) is 17.6. The highest BCUT2D eigenvalue weighted by Gasteiger charge is 2.42. The van der Waals surface area contributed by atoms with Crippen LogP contribution in [0.5, 0.6) is 0 Å². The van der Waals surface area contributed by atoms with Crippen LogP contribution in [0.25, 0.3) is 0 Å². The van der Waals surface area contributed by atoms with E-state index in [1.54, 1.807) is 0 Å². The predicted octanol–water partition coefficient (Wildman–Crippen LogP) is -0.0206. The zero-order valence-electron chi connectivity index (χ0n) is 16.0. The molecule has 2 saturated heterocycles. The van der Waals surface area contributed by atoms with E-state index in [9.17, 15) is 21.6 Å². The Labute approximate surface area is 172 Å². The molecule has 158 valence electrons. The van der Waals surface area contributed by atoms with Crippen LogP contribution in [0.1, 0.15) is 29.6 Å². The van der Waals surface area contributed by atoms with Crippen molar-refractivity contribution < 1.29 is 21.6 Å². The Balaban J connectivity index is 1.76. The molecule has 1 amide bonds. The summed E-state index contributed by atoms with van der Waals surface area (Å²) in [6.07, 6.45) is 8.24. The highest BCUT2D eigenvalue weighted by Crippen LogP contribution is 2.23. The number of sulfonamides is 1. The summed E-state index contributed by atoms with van der Waals surface area (Å²) < 4.78 is 51.1. The fraction of sp³-hybridized carbons (Fsp3) is 0.526. The van der Waals surface area contributed by atoms with Gasteiger partial charge in [-0.1, -0.05) is 18.4 Å². The molecule has 1 aromatic carbocycles. The van der Waals surface area contributed by atoms with Gasteiger partial charge < -0.3 is 5.32 Å². The van der Waals surface area contributed by atoms with E-state index in [-0.39, 0.29) is 34.6 Å². The Kier molecular flexibility index (Phi) is 6.63. The molecule has 2 unspecified atom stereocenters. The fourth-order valence-corrected chi connectivity index (χ4v) is 6.79. The van der Waals surface area contributed by atoms with E-state index in [2.05, 4.69) is 20.9 Å². The molecule has 29 heavy (non-hydrogen) atoms. The average molecular weight is 440 g/mol. The monoisotopic (exact) mass is 439 g/mol. The molecule has 3 rings (SSSR count). The van der Waals surface area contributed by atoms with E-state index in [1.165, 1.54) is 24.3 Å². The van der Waals surface area contributed by atoms with E-state index in [4.69, 9.17) is 6.42 Å². The summed E-state index contributed by atoms with van der Waals surface area (Å²) in [5, 5.41) is 2.81. The molecule has 2 aliphatic rings. The molecule has 0 bridgehead atoms. The van der Waals surface area contributed by atoms with Crippen molar-refractivity contribution in [3.05, 3.63) is 29.8 Å². The molecular weight excluding hydrogens is 414 g/mol. The summed E-state index contributed by atoms with van der Waals surface area (Å²) in [6, 6.07) is 4.81. The molecule has 2 fully saturated rings. The van der Waals surface area contributed by atoms with Gasteiger partial charge >= 0.3 is 0 Å². The van der Waals surface area contributed by atoms with Crippen molar-refractivity contribution >= 4 is 25.8 Å². The second-order valence-electron chi connectivity index (χ2n) is 7.38. The minimum atomic E-state index is -3.83. The van der Waals surface area contributed by atoms with Crippen molar-refractivity contribution in [3.63, 3.8) is 0 Å². The van der Waals surface area contributed by atoms with Crippen LogP contribution in [0.3, 0.4) is 0 Å². The molecule has 0 aromatic heterocycles. The second kappa shape index (κ2) is 8.83. The van der Waals surface area contributed by atoms with Gasteiger partial charge in [0.2, 0.25) is 10.0 Å². The first-order valence-electron chi connectivity index (χ1n) is 9.50. The van der Waals surface area contributed by atoms with Crippen LogP contribution in [-0.4, -0.2) is 70.9 Å². The number of rotatable bonds is 6. The van der Waals surface area contributed by atoms with Crippen LogP contribution in [-0.2, 0) is 19.9 Å². The van der Waals surface area contributed by atoms with Crippen LogP contribution in [0.4, 0.5) is 0 Å². The topological polar surface area (TPSA) is 113 Å². The highest BCUT2D eigenvalue weighted by atomic mass is 32.2. The first-order chi connectivity index (χ1) is 13.7. The van der Waals surface area contributed by atoms with E-state index >= 15 is 0 Å². The van der Waals surface area contributed by atoms with Crippen LogP contribution < -0.4 is 10.0 Å². The van der Waals surface area contributed by atoms with Gasteiger partial charge in [-0.05, 0) is 44.1 Å². The van der Waals surface area contributed by atoms with Crippen molar-refractivity contribution in [2.45, 2.75) is 36.2 Å². The quantitative estimate of drug-likeness (QED) is 0.603. The van der Waals surface area contributed by atoms with Gasteiger partial charge in [-0.15, -0.1) is 6.42 Å². The minimum absolute atomic E-state index is 0.0301. The summed E-state index contributed by atoms with van der Waals surface area (Å²) in [5.41, 5.74) is 0.148. The van der Waals surface area contributed by atoms with Crippen LogP contribution in [0.15, 0.2) is 29.2 Å². The molecule has 2 atom stereocenters. The van der Waals surface area contributed by atoms with Crippen LogP contribution in [0, 0.1) is 12.3 Å². The third-order valence-electron chi connectivity index (χ3n) is 5.27. The number of hydrogen-bond donors (Lipinski definition) is 2. The molecule has 2 N–H and O–H groups in total. The van der Waals surface area contributed by atoms with Gasteiger partial charge in [-0.3, -0.25) is 9.69 Å². The second-order valence-corrected chi connectivity index (χ2v) is 11.3. The first kappa shape index (κ1) is 21.8. The molecule has 10 heteroatoms. The SMILES string of the molecule is C#CCNS(=O)(=O)c1cccc(C(=O)NC2CS(=O)(=O)CC2N2CCCCC2)c1. The third-order valence-corrected chi connectivity index (χ3v) is 8.38. The number of nitrogens with one attached hydrogen (secondary N) is 2. The van der Waals surface area contributed by atoms with E-state index in [1.807, 2.05) is 0 Å². The molecule has 1 aromatic rings. The van der Waals surface area contributed by atoms with Gasteiger partial charge in [0.1, 0.15) is 0 Å². The van der Waals surface area contributed by atoms with Gasteiger partial charge in [0.25, 0.3) is 5.91 Å². The first-order valence-corrected chi connectivity index (χ1v) is 12.8. The molecule has 0 spiro atoms. The van der Waals surface area contributed by atoms with Crippen molar-refractivity contribution in [3.8, 4) is 12.3 Å². The normalized spacial score (nSPS) is 24.7. The lowest BCUT2D eigenvalue weighted by Gasteiger charge is -2.35. The van der Waals surface area contributed by atoms with E-state index in [0.29, 0.717) is 0 Å². The number of terminal acetylenes is 1. The number of likely N-dealkylation sites (tertiary alicyclic amines) is 1. The van der Waals surface area contributed by atoms with Crippen LogP contribution in [0.2, 0.25) is 0 Å². The van der Waals surface area contributed by atoms with Gasteiger partial charge in [0.15, 0.2) is 9.84 Å². The summed E-state index contributed by atoms with van der Waals surface area (Å²) in [6.45, 7) is 1.48. The van der Waals surface area contributed by atoms with Gasteiger partial charge in [-0.2, -0.15) is 4.72 Å². The lowest BCUT2D eigenvalue weighted by Crippen LogP contribution is -2.52. The number of piperidine rings is 1. The number of carbonyl (C=O) groups excluding carboxylic acids is 1. The average Bonchev–Trinajstić information content (AvgIpc) is 3.01. The lowest BCUT2D eigenvalue weighted by atomic mass is 10.0. The number of carbonyl (C=O) groups is 1. The van der Waals surface area contributed by atoms with Crippen LogP contribution >= 0.6 is 0 Å². The molecule has 2 heterocycles. The summed E-state index contributed by atoms with van der Waals surface area (Å²) in [5.74, 6) is 1.62. The van der Waals surface area contributed by atoms with E-state index < -0.39 is 31.8 Å².